The Kier molecular flexibility index (Phi) is 6.58. The van der Waals surface area contributed by atoms with Crippen LogP contribution in [-0.4, -0.2) is 5.11 Å². The highest BCUT2D eigenvalue weighted by molar-refractivity contribution is 5.29. The Bertz CT molecular complexity index is 393. The highest BCUT2D eigenvalue weighted by atomic mass is 16.3. The Labute approximate surface area is 117 Å². The lowest BCUT2D eigenvalue weighted by atomic mass is 9.78. The van der Waals surface area contributed by atoms with Crippen LogP contribution in [0.4, 0.5) is 0 Å². The van der Waals surface area contributed by atoms with Crippen molar-refractivity contribution in [1.29, 1.82) is 0 Å². The Hall–Kier alpha value is -1.34. The van der Waals surface area contributed by atoms with E-state index >= 15 is 0 Å². The van der Waals surface area contributed by atoms with Crippen LogP contribution in [0.15, 0.2) is 55.1 Å². The van der Waals surface area contributed by atoms with E-state index in [4.69, 9.17) is 0 Å². The molecular formula is C18H26O. The molecule has 0 bridgehead atoms. The van der Waals surface area contributed by atoms with E-state index in [1.165, 1.54) is 12.8 Å². The van der Waals surface area contributed by atoms with Gasteiger partial charge < -0.3 is 5.11 Å². The van der Waals surface area contributed by atoms with E-state index in [-0.39, 0.29) is 5.92 Å². The second-order valence-corrected chi connectivity index (χ2v) is 5.03. The maximum Gasteiger partial charge on any atom is 0.114 e. The first-order valence-electron chi connectivity index (χ1n) is 7.23. The molecule has 1 nitrogen and oxygen atoms in total. The molecule has 0 aliphatic carbocycles. The zero-order valence-electron chi connectivity index (χ0n) is 12.2. The number of hydrogen-bond donors (Lipinski definition) is 1. The van der Waals surface area contributed by atoms with E-state index in [0.29, 0.717) is 0 Å². The summed E-state index contributed by atoms with van der Waals surface area (Å²) in [6.07, 6.45) is 10.2. The molecule has 0 saturated carbocycles. The minimum atomic E-state index is -0.939. The topological polar surface area (TPSA) is 20.2 Å². The molecule has 1 aromatic rings. The fourth-order valence-electron chi connectivity index (χ4n) is 2.52. The third-order valence-corrected chi connectivity index (χ3v) is 3.63. The van der Waals surface area contributed by atoms with Gasteiger partial charge in [-0.25, -0.2) is 0 Å². The molecule has 1 heteroatoms. The van der Waals surface area contributed by atoms with Crippen LogP contribution in [0.1, 0.15) is 45.1 Å². The standard InChI is InChI=1S/C18H26O/c1-4-7-9-12-16(6-3)18(19,15-5-2)17-13-10-8-11-14-17/h5-6,8,10-11,13-16,19H,3-4,7,9,12H2,1-2H3/b15-5+/t16-,18+/m1/s1. The second kappa shape index (κ2) is 7.96. The lowest BCUT2D eigenvalue weighted by Gasteiger charge is -2.32. The molecule has 0 heterocycles. The normalized spacial score (nSPS) is 16.2. The zero-order valence-corrected chi connectivity index (χ0v) is 12.2. The van der Waals surface area contributed by atoms with Crippen molar-refractivity contribution < 1.29 is 5.11 Å². The molecule has 0 aliphatic rings. The van der Waals surface area contributed by atoms with Crippen molar-refractivity contribution in [2.75, 3.05) is 0 Å². The van der Waals surface area contributed by atoms with Crippen molar-refractivity contribution in [1.82, 2.24) is 0 Å². The van der Waals surface area contributed by atoms with E-state index < -0.39 is 5.60 Å². The van der Waals surface area contributed by atoms with Crippen molar-refractivity contribution in [2.24, 2.45) is 5.92 Å². The van der Waals surface area contributed by atoms with Crippen LogP contribution in [0.5, 0.6) is 0 Å². The summed E-state index contributed by atoms with van der Waals surface area (Å²) in [5.41, 5.74) is 0.000364. The number of benzene rings is 1. The zero-order chi connectivity index (χ0) is 14.1. The summed E-state index contributed by atoms with van der Waals surface area (Å²) < 4.78 is 0. The van der Waals surface area contributed by atoms with Crippen molar-refractivity contribution >= 4 is 0 Å². The van der Waals surface area contributed by atoms with Crippen LogP contribution >= 0.6 is 0 Å². The summed E-state index contributed by atoms with van der Waals surface area (Å²) in [5, 5.41) is 11.1. The molecule has 0 fully saturated rings. The highest BCUT2D eigenvalue weighted by Crippen LogP contribution is 2.35. The summed E-state index contributed by atoms with van der Waals surface area (Å²) in [4.78, 5) is 0. The van der Waals surface area contributed by atoms with Crippen LogP contribution in [0.2, 0.25) is 0 Å². The van der Waals surface area contributed by atoms with Crippen LogP contribution in [0.25, 0.3) is 0 Å². The van der Waals surface area contributed by atoms with Crippen LogP contribution in [0.3, 0.4) is 0 Å². The molecule has 0 amide bonds. The van der Waals surface area contributed by atoms with Gasteiger partial charge in [0.15, 0.2) is 0 Å². The fraction of sp³-hybridized carbons (Fsp3) is 0.444. The molecule has 104 valence electrons. The Balaban J connectivity index is 2.99. The molecule has 0 saturated heterocycles. The van der Waals surface area contributed by atoms with Crippen LogP contribution in [-0.2, 0) is 5.60 Å². The summed E-state index contributed by atoms with van der Waals surface area (Å²) in [5.74, 6) is 0.0534. The van der Waals surface area contributed by atoms with Gasteiger partial charge in [0.2, 0.25) is 0 Å². The number of allylic oxidation sites excluding steroid dienone is 1. The van der Waals surface area contributed by atoms with E-state index in [1.807, 2.05) is 55.5 Å². The Morgan fingerprint density at radius 3 is 2.47 bits per heavy atom. The van der Waals surface area contributed by atoms with Gasteiger partial charge in [0.05, 0.1) is 0 Å². The molecule has 0 aliphatic heterocycles. The molecule has 2 atom stereocenters. The van der Waals surface area contributed by atoms with Crippen molar-refractivity contribution in [3.63, 3.8) is 0 Å². The van der Waals surface area contributed by atoms with Gasteiger partial charge in [-0.15, -0.1) is 6.58 Å². The first-order chi connectivity index (χ1) is 9.19. The first kappa shape index (κ1) is 15.7. The third kappa shape index (κ3) is 4.07. The first-order valence-corrected chi connectivity index (χ1v) is 7.23. The van der Waals surface area contributed by atoms with Gasteiger partial charge >= 0.3 is 0 Å². The van der Waals surface area contributed by atoms with Gasteiger partial charge in [0.1, 0.15) is 5.60 Å². The van der Waals surface area contributed by atoms with Crippen LogP contribution in [0, 0.1) is 5.92 Å². The van der Waals surface area contributed by atoms with Crippen molar-refractivity contribution in [3.05, 3.63) is 60.7 Å². The van der Waals surface area contributed by atoms with E-state index in [0.717, 1.165) is 18.4 Å². The molecule has 0 aromatic heterocycles. The van der Waals surface area contributed by atoms with Crippen LogP contribution < -0.4 is 0 Å². The maximum absolute atomic E-state index is 11.1. The van der Waals surface area contributed by atoms with E-state index in [1.54, 1.807) is 0 Å². The van der Waals surface area contributed by atoms with Gasteiger partial charge in [-0.05, 0) is 18.9 Å². The molecular weight excluding hydrogens is 232 g/mol. The van der Waals surface area contributed by atoms with Gasteiger partial charge in [0.25, 0.3) is 0 Å². The molecule has 0 spiro atoms. The molecule has 0 unspecified atom stereocenters. The van der Waals surface area contributed by atoms with Crippen molar-refractivity contribution in [3.8, 4) is 0 Å². The average Bonchev–Trinajstić information content (AvgIpc) is 2.45. The number of unbranched alkanes of at least 4 members (excludes halogenated alkanes) is 2. The maximum atomic E-state index is 11.1. The van der Waals surface area contributed by atoms with Gasteiger partial charge in [0, 0.05) is 5.92 Å². The molecule has 1 rings (SSSR count). The Morgan fingerprint density at radius 2 is 1.95 bits per heavy atom. The minimum absolute atomic E-state index is 0.0534. The summed E-state index contributed by atoms with van der Waals surface area (Å²) in [6.45, 7) is 8.06. The number of hydrogen-bond acceptors (Lipinski definition) is 1. The van der Waals surface area contributed by atoms with Crippen molar-refractivity contribution in [2.45, 2.75) is 45.1 Å². The smallest absolute Gasteiger partial charge is 0.114 e. The Morgan fingerprint density at radius 1 is 1.26 bits per heavy atom. The average molecular weight is 258 g/mol. The summed E-state index contributed by atoms with van der Waals surface area (Å²) >= 11 is 0. The predicted molar refractivity (Wildman–Crippen MR) is 83.0 cm³/mol. The number of rotatable bonds is 8. The van der Waals surface area contributed by atoms with Gasteiger partial charge in [-0.3, -0.25) is 0 Å². The van der Waals surface area contributed by atoms with Gasteiger partial charge in [-0.1, -0.05) is 74.7 Å². The summed E-state index contributed by atoms with van der Waals surface area (Å²) in [6, 6.07) is 9.87. The number of aliphatic hydroxyl groups is 1. The minimum Gasteiger partial charge on any atom is -0.380 e. The lowest BCUT2D eigenvalue weighted by molar-refractivity contribution is 0.0399. The molecule has 19 heavy (non-hydrogen) atoms. The predicted octanol–water partition coefficient (Wildman–Crippen LogP) is 4.83. The highest BCUT2D eigenvalue weighted by Gasteiger charge is 2.33. The molecule has 1 aromatic carbocycles. The molecule has 1 N–H and O–H groups in total. The molecule has 0 radical (unpaired) electrons. The van der Waals surface area contributed by atoms with Gasteiger partial charge in [-0.2, -0.15) is 0 Å². The third-order valence-electron chi connectivity index (χ3n) is 3.63. The monoisotopic (exact) mass is 258 g/mol. The quantitative estimate of drug-likeness (QED) is 0.523. The van der Waals surface area contributed by atoms with E-state index in [9.17, 15) is 5.11 Å². The van der Waals surface area contributed by atoms with E-state index in [2.05, 4.69) is 13.5 Å². The lowest BCUT2D eigenvalue weighted by Crippen LogP contribution is -2.32. The largest absolute Gasteiger partial charge is 0.380 e. The fourth-order valence-corrected chi connectivity index (χ4v) is 2.52. The SMILES string of the molecule is C=C[C@H](CCCCC)[C@@](O)(/C=C/C)c1ccccc1. The summed E-state index contributed by atoms with van der Waals surface area (Å²) in [7, 11) is 0. The second-order valence-electron chi connectivity index (χ2n) is 5.03.